The van der Waals surface area contributed by atoms with Gasteiger partial charge in [-0.05, 0) is 45.2 Å². The smallest absolute Gasteiger partial charge is 0.257 e. The number of carbonyl (C=O) groups is 1. The maximum Gasteiger partial charge on any atom is 0.257 e. The van der Waals surface area contributed by atoms with Crippen LogP contribution in [0.2, 0.25) is 0 Å². The summed E-state index contributed by atoms with van der Waals surface area (Å²) >= 11 is 0. The van der Waals surface area contributed by atoms with Crippen molar-refractivity contribution < 1.29 is 13.9 Å². The fraction of sp³-hybridized carbons (Fsp3) is 0.526. The number of aryl methyl sites for hydroxylation is 2. The van der Waals surface area contributed by atoms with Crippen LogP contribution < -0.4 is 5.32 Å². The number of hydrogen-bond acceptors (Lipinski definition) is 6. The number of furan rings is 1. The first-order valence-electron chi connectivity index (χ1n) is 9.08. The molecule has 2 aromatic heterocycles. The summed E-state index contributed by atoms with van der Waals surface area (Å²) in [6.45, 7) is 5.70. The van der Waals surface area contributed by atoms with Crippen molar-refractivity contribution in [3.8, 4) is 0 Å². The Morgan fingerprint density at radius 2 is 2.15 bits per heavy atom. The lowest BCUT2D eigenvalue weighted by Crippen LogP contribution is -2.47. The number of amides is 1. The Morgan fingerprint density at radius 1 is 1.35 bits per heavy atom. The molecular weight excluding hydrogens is 332 g/mol. The minimum atomic E-state index is -0.285. The third kappa shape index (κ3) is 3.31. The second kappa shape index (κ2) is 6.72. The van der Waals surface area contributed by atoms with E-state index >= 15 is 0 Å². The van der Waals surface area contributed by atoms with Gasteiger partial charge in [-0.3, -0.25) is 4.79 Å². The second-order valence-corrected chi connectivity index (χ2v) is 7.24. The maximum atomic E-state index is 12.9. The highest BCUT2D eigenvalue weighted by Gasteiger charge is 2.45. The van der Waals surface area contributed by atoms with Crippen LogP contribution in [0, 0.1) is 13.8 Å². The zero-order chi connectivity index (χ0) is 18.1. The van der Waals surface area contributed by atoms with E-state index in [1.165, 1.54) is 0 Å². The molecule has 4 rings (SSSR count). The van der Waals surface area contributed by atoms with Crippen LogP contribution in [0.3, 0.4) is 0 Å². The van der Waals surface area contributed by atoms with E-state index in [1.807, 2.05) is 24.8 Å². The van der Waals surface area contributed by atoms with Crippen LogP contribution in [-0.4, -0.2) is 52.1 Å². The number of rotatable bonds is 3. The van der Waals surface area contributed by atoms with Crippen molar-refractivity contribution >= 4 is 11.9 Å². The van der Waals surface area contributed by atoms with Gasteiger partial charge < -0.3 is 19.4 Å². The van der Waals surface area contributed by atoms with Crippen molar-refractivity contribution in [2.45, 2.75) is 44.8 Å². The molecule has 2 aliphatic heterocycles. The molecule has 7 nitrogen and oxygen atoms in total. The quantitative estimate of drug-likeness (QED) is 0.910. The van der Waals surface area contributed by atoms with Gasteiger partial charge in [-0.25, -0.2) is 9.97 Å². The van der Waals surface area contributed by atoms with E-state index < -0.39 is 0 Å². The SMILES string of the molecule is Cc1cc(C(=O)N2CC[C@@]3(C[C@@H](Nc4ncccn4)CCO3)C2)c(C)o1. The van der Waals surface area contributed by atoms with E-state index in [0.29, 0.717) is 37.0 Å². The van der Waals surface area contributed by atoms with Crippen molar-refractivity contribution in [1.29, 1.82) is 0 Å². The van der Waals surface area contributed by atoms with Crippen molar-refractivity contribution in [3.63, 3.8) is 0 Å². The molecule has 2 fully saturated rings. The standard InChI is InChI=1S/C19H24N4O3/c1-13-10-16(14(2)26-13)17(24)23-8-5-19(12-23)11-15(4-9-25-19)22-18-20-6-3-7-21-18/h3,6-7,10,15H,4-5,8-9,11-12H2,1-2H3,(H,20,21,22)/t15-,19+/m0/s1. The van der Waals surface area contributed by atoms with Gasteiger partial charge in [-0.2, -0.15) is 0 Å². The summed E-state index contributed by atoms with van der Waals surface area (Å²) in [6.07, 6.45) is 6.07. The van der Waals surface area contributed by atoms with Gasteiger partial charge in [0.15, 0.2) is 0 Å². The molecule has 2 aromatic rings. The Kier molecular flexibility index (Phi) is 4.40. The average molecular weight is 356 g/mol. The first-order valence-corrected chi connectivity index (χ1v) is 9.08. The van der Waals surface area contributed by atoms with Gasteiger partial charge in [-0.15, -0.1) is 0 Å². The summed E-state index contributed by atoms with van der Waals surface area (Å²) in [6, 6.07) is 3.87. The molecule has 1 amide bonds. The zero-order valence-corrected chi connectivity index (χ0v) is 15.2. The van der Waals surface area contributed by atoms with E-state index in [4.69, 9.17) is 9.15 Å². The monoisotopic (exact) mass is 356 g/mol. The van der Waals surface area contributed by atoms with Crippen LogP contribution in [-0.2, 0) is 4.74 Å². The molecule has 4 heterocycles. The fourth-order valence-electron chi connectivity index (χ4n) is 4.02. The number of likely N-dealkylation sites (tertiary alicyclic amines) is 1. The maximum absolute atomic E-state index is 12.9. The minimum absolute atomic E-state index is 0.0290. The van der Waals surface area contributed by atoms with Crippen LogP contribution in [0.4, 0.5) is 5.95 Å². The highest BCUT2D eigenvalue weighted by molar-refractivity contribution is 5.95. The topological polar surface area (TPSA) is 80.5 Å². The number of carbonyl (C=O) groups excluding carboxylic acids is 1. The molecule has 2 aliphatic rings. The van der Waals surface area contributed by atoms with E-state index in [2.05, 4.69) is 15.3 Å². The number of hydrogen-bond donors (Lipinski definition) is 1. The van der Waals surface area contributed by atoms with Crippen molar-refractivity contribution in [2.24, 2.45) is 0 Å². The van der Waals surface area contributed by atoms with Crippen LogP contribution in [0.25, 0.3) is 0 Å². The lowest BCUT2D eigenvalue weighted by atomic mass is 9.89. The van der Waals surface area contributed by atoms with E-state index in [0.717, 1.165) is 25.0 Å². The fourth-order valence-corrected chi connectivity index (χ4v) is 4.02. The van der Waals surface area contributed by atoms with Crippen LogP contribution in [0.15, 0.2) is 28.9 Å². The predicted molar refractivity (Wildman–Crippen MR) is 96.1 cm³/mol. The Balaban J connectivity index is 1.43. The number of nitrogens with one attached hydrogen (secondary N) is 1. The first-order chi connectivity index (χ1) is 12.5. The highest BCUT2D eigenvalue weighted by Crippen LogP contribution is 2.36. The number of aromatic nitrogens is 2. The molecule has 0 aliphatic carbocycles. The van der Waals surface area contributed by atoms with Gasteiger partial charge in [0.05, 0.1) is 17.7 Å². The normalized spacial score (nSPS) is 25.6. The summed E-state index contributed by atoms with van der Waals surface area (Å²) in [5.41, 5.74) is 0.371. The largest absolute Gasteiger partial charge is 0.466 e. The Bertz CT molecular complexity index is 791. The predicted octanol–water partition coefficient (Wildman–Crippen LogP) is 2.56. The number of anilines is 1. The summed E-state index contributed by atoms with van der Waals surface area (Å²) in [5, 5.41) is 3.40. The summed E-state index contributed by atoms with van der Waals surface area (Å²) in [5.74, 6) is 2.12. The minimum Gasteiger partial charge on any atom is -0.466 e. The Labute approximate surface area is 152 Å². The molecule has 138 valence electrons. The van der Waals surface area contributed by atoms with Gasteiger partial charge in [0.25, 0.3) is 5.91 Å². The molecule has 0 radical (unpaired) electrons. The van der Waals surface area contributed by atoms with E-state index in [1.54, 1.807) is 18.5 Å². The van der Waals surface area contributed by atoms with Gasteiger partial charge in [0.2, 0.25) is 5.95 Å². The molecule has 0 saturated carbocycles. The second-order valence-electron chi connectivity index (χ2n) is 7.24. The van der Waals surface area contributed by atoms with E-state index in [-0.39, 0.29) is 17.6 Å². The molecule has 2 saturated heterocycles. The number of ether oxygens (including phenoxy) is 1. The van der Waals surface area contributed by atoms with Gasteiger partial charge in [0, 0.05) is 31.6 Å². The third-order valence-electron chi connectivity index (χ3n) is 5.27. The molecule has 26 heavy (non-hydrogen) atoms. The van der Waals surface area contributed by atoms with Crippen molar-refractivity contribution in [1.82, 2.24) is 14.9 Å². The molecule has 0 bridgehead atoms. The molecule has 0 aromatic carbocycles. The first kappa shape index (κ1) is 17.0. The molecule has 2 atom stereocenters. The summed E-state index contributed by atoms with van der Waals surface area (Å²) in [7, 11) is 0. The van der Waals surface area contributed by atoms with Crippen LogP contribution in [0.1, 0.15) is 41.1 Å². The summed E-state index contributed by atoms with van der Waals surface area (Å²) in [4.78, 5) is 23.2. The lowest BCUT2D eigenvalue weighted by molar-refractivity contribution is -0.0721. The van der Waals surface area contributed by atoms with E-state index in [9.17, 15) is 4.79 Å². The average Bonchev–Trinajstić information content (AvgIpc) is 3.18. The Hall–Kier alpha value is -2.41. The molecular formula is C19H24N4O3. The van der Waals surface area contributed by atoms with Gasteiger partial charge in [-0.1, -0.05) is 0 Å². The van der Waals surface area contributed by atoms with Gasteiger partial charge >= 0.3 is 0 Å². The molecule has 1 N–H and O–H groups in total. The van der Waals surface area contributed by atoms with Crippen molar-refractivity contribution in [2.75, 3.05) is 25.0 Å². The molecule has 0 unspecified atom stereocenters. The number of nitrogens with zero attached hydrogens (tertiary/aromatic N) is 3. The molecule has 1 spiro atoms. The Morgan fingerprint density at radius 3 is 2.88 bits per heavy atom. The third-order valence-corrected chi connectivity index (χ3v) is 5.27. The highest BCUT2D eigenvalue weighted by atomic mass is 16.5. The van der Waals surface area contributed by atoms with Gasteiger partial charge in [0.1, 0.15) is 11.5 Å². The van der Waals surface area contributed by atoms with Crippen LogP contribution in [0.5, 0.6) is 0 Å². The molecule has 7 heteroatoms. The van der Waals surface area contributed by atoms with Crippen molar-refractivity contribution in [3.05, 3.63) is 41.6 Å². The zero-order valence-electron chi connectivity index (χ0n) is 15.2. The van der Waals surface area contributed by atoms with Crippen LogP contribution >= 0.6 is 0 Å². The lowest BCUT2D eigenvalue weighted by Gasteiger charge is -2.38. The summed E-state index contributed by atoms with van der Waals surface area (Å²) < 4.78 is 11.7.